The van der Waals surface area contributed by atoms with Gasteiger partial charge in [0.2, 0.25) is 0 Å². The smallest absolute Gasteiger partial charge is 0.159 e. The number of para-hydroxylation sites is 5. The van der Waals surface area contributed by atoms with Crippen LogP contribution in [0.1, 0.15) is 22.3 Å². The van der Waals surface area contributed by atoms with E-state index in [1.807, 2.05) is 18.2 Å². The second-order valence-electron chi connectivity index (χ2n) is 17.1. The summed E-state index contributed by atoms with van der Waals surface area (Å²) in [7, 11) is 0. The van der Waals surface area contributed by atoms with Crippen molar-refractivity contribution in [2.75, 3.05) is 4.90 Å². The maximum absolute atomic E-state index is 7.00. The number of furan rings is 3. The fourth-order valence-corrected chi connectivity index (χ4v) is 10.9. The molecule has 0 bridgehead atoms. The summed E-state index contributed by atoms with van der Waals surface area (Å²) in [5.41, 5.74) is 16.8. The average molecular weight is 832 g/mol. The predicted octanol–water partition coefficient (Wildman–Crippen LogP) is 16.9. The minimum atomic E-state index is -0.713. The highest BCUT2D eigenvalue weighted by atomic mass is 16.3. The minimum Gasteiger partial charge on any atom is -0.456 e. The highest BCUT2D eigenvalue weighted by Crippen LogP contribution is 2.59. The minimum absolute atomic E-state index is 0.713. The zero-order valence-electron chi connectivity index (χ0n) is 35.0. The number of benzene rings is 10. The van der Waals surface area contributed by atoms with Gasteiger partial charge in [-0.3, -0.25) is 0 Å². The second-order valence-corrected chi connectivity index (χ2v) is 17.1. The molecule has 0 saturated carbocycles. The van der Waals surface area contributed by atoms with Crippen LogP contribution in [0.3, 0.4) is 0 Å². The van der Waals surface area contributed by atoms with Crippen molar-refractivity contribution in [1.29, 1.82) is 0 Å². The molecule has 0 spiro atoms. The maximum atomic E-state index is 7.00. The van der Waals surface area contributed by atoms with E-state index in [0.717, 1.165) is 99.6 Å². The summed E-state index contributed by atoms with van der Waals surface area (Å²) in [5.74, 6) is 0. The monoisotopic (exact) mass is 831 g/mol. The molecular formula is C61H37NO3. The quantitative estimate of drug-likeness (QED) is 0.167. The van der Waals surface area contributed by atoms with Gasteiger partial charge in [-0.25, -0.2) is 0 Å². The summed E-state index contributed by atoms with van der Waals surface area (Å²) < 4.78 is 20.3. The highest BCUT2D eigenvalue weighted by molar-refractivity contribution is 6.14. The molecule has 4 heteroatoms. The van der Waals surface area contributed by atoms with Gasteiger partial charge in [0.05, 0.1) is 11.1 Å². The Hall–Kier alpha value is -8.60. The van der Waals surface area contributed by atoms with Gasteiger partial charge >= 0.3 is 0 Å². The van der Waals surface area contributed by atoms with Gasteiger partial charge in [0.1, 0.15) is 27.9 Å². The summed E-state index contributed by atoms with van der Waals surface area (Å²) in [4.78, 5) is 2.32. The Morgan fingerprint density at radius 1 is 0.308 bits per heavy atom. The molecule has 10 aromatic carbocycles. The number of hydrogen-bond acceptors (Lipinski definition) is 4. The van der Waals surface area contributed by atoms with Crippen LogP contribution in [0.4, 0.5) is 17.1 Å². The van der Waals surface area contributed by atoms with Crippen molar-refractivity contribution < 1.29 is 13.3 Å². The molecule has 4 nitrogen and oxygen atoms in total. The van der Waals surface area contributed by atoms with E-state index in [1.165, 1.54) is 27.8 Å². The maximum Gasteiger partial charge on any atom is 0.159 e. The Labute approximate surface area is 373 Å². The lowest BCUT2D eigenvalue weighted by Gasteiger charge is -2.34. The molecule has 0 N–H and O–H groups in total. The van der Waals surface area contributed by atoms with E-state index in [-0.39, 0.29) is 0 Å². The van der Waals surface area contributed by atoms with Crippen LogP contribution >= 0.6 is 0 Å². The Bertz CT molecular complexity index is 3870. The fraction of sp³-hybridized carbons (Fsp3) is 0.0164. The van der Waals surface area contributed by atoms with Crippen molar-refractivity contribution >= 4 is 82.9 Å². The number of rotatable bonds is 6. The first-order valence-corrected chi connectivity index (χ1v) is 22.2. The first kappa shape index (κ1) is 35.9. The van der Waals surface area contributed by atoms with Gasteiger partial charge in [0, 0.05) is 49.3 Å². The SMILES string of the molecule is c1ccc(-c2cccc3c2oc2c(N(c4ccccc4)c4ccc(C5(c6ccccc6)c6cc7oc8ccccc8c7cc6-c6cc7c(cc65)oc5ccccc57)cc4)cccc23)cc1. The van der Waals surface area contributed by atoms with Crippen molar-refractivity contribution in [3.8, 4) is 22.3 Å². The number of fused-ring (bicyclic) bond motifs is 12. The molecule has 1 aliphatic carbocycles. The van der Waals surface area contributed by atoms with E-state index < -0.39 is 5.41 Å². The molecule has 13 aromatic rings. The van der Waals surface area contributed by atoms with E-state index in [2.05, 4.69) is 211 Å². The summed E-state index contributed by atoms with van der Waals surface area (Å²) in [6.07, 6.45) is 0. The van der Waals surface area contributed by atoms with Gasteiger partial charge in [-0.1, -0.05) is 158 Å². The van der Waals surface area contributed by atoms with Gasteiger partial charge in [0.25, 0.3) is 0 Å². The van der Waals surface area contributed by atoms with Crippen molar-refractivity contribution in [3.05, 3.63) is 247 Å². The molecule has 1 aliphatic rings. The predicted molar refractivity (Wildman–Crippen MR) is 266 cm³/mol. The molecule has 14 rings (SSSR count). The third-order valence-electron chi connectivity index (χ3n) is 13.7. The lowest BCUT2D eigenvalue weighted by atomic mass is 9.67. The lowest BCUT2D eigenvalue weighted by Crippen LogP contribution is -2.28. The highest BCUT2D eigenvalue weighted by Gasteiger charge is 2.47. The summed E-state index contributed by atoms with van der Waals surface area (Å²) in [5, 5.41) is 6.60. The molecule has 0 aliphatic heterocycles. The average Bonchev–Trinajstić information content (AvgIpc) is 4.12. The van der Waals surface area contributed by atoms with Crippen LogP contribution in [0.25, 0.3) is 88.1 Å². The van der Waals surface area contributed by atoms with Crippen LogP contribution in [-0.2, 0) is 5.41 Å². The first-order valence-electron chi connectivity index (χ1n) is 22.2. The lowest BCUT2D eigenvalue weighted by molar-refractivity contribution is 0.664. The molecule has 3 heterocycles. The Morgan fingerprint density at radius 3 is 1.43 bits per heavy atom. The third kappa shape index (κ3) is 5.13. The van der Waals surface area contributed by atoms with Crippen LogP contribution in [0.5, 0.6) is 0 Å². The Balaban J connectivity index is 1.02. The van der Waals surface area contributed by atoms with Gasteiger partial charge in [-0.15, -0.1) is 0 Å². The molecule has 0 atom stereocenters. The van der Waals surface area contributed by atoms with E-state index in [9.17, 15) is 0 Å². The largest absolute Gasteiger partial charge is 0.456 e. The molecular weight excluding hydrogens is 795 g/mol. The molecule has 3 aromatic heterocycles. The Morgan fingerprint density at radius 2 is 0.800 bits per heavy atom. The van der Waals surface area contributed by atoms with Gasteiger partial charge in [0.15, 0.2) is 5.58 Å². The molecule has 0 fully saturated rings. The standard InChI is InChI=1S/C61H37NO3/c1-4-16-38(17-5-1)43-24-14-25-46-47-26-15-27-54(60(47)65-59(43)46)62(41-20-8-3-9-21-41)42-32-30-40(31-33-42)61(39-18-6-2-7-19-39)52-36-57-50(44-22-10-12-28-55(44)63-57)34-48(52)49-35-51-45-23-11-13-29-56(45)64-58(51)37-53(49)61/h1-37H. The molecule has 0 unspecified atom stereocenters. The topological polar surface area (TPSA) is 42.7 Å². The third-order valence-corrected chi connectivity index (χ3v) is 13.7. The molecule has 0 amide bonds. The van der Waals surface area contributed by atoms with Crippen LogP contribution < -0.4 is 4.90 Å². The van der Waals surface area contributed by atoms with Crippen LogP contribution in [0.15, 0.2) is 238 Å². The number of nitrogens with zero attached hydrogens (tertiary/aromatic N) is 1. The van der Waals surface area contributed by atoms with Crippen molar-refractivity contribution in [2.45, 2.75) is 5.41 Å². The van der Waals surface area contributed by atoms with Crippen molar-refractivity contribution in [1.82, 2.24) is 0 Å². The second kappa shape index (κ2) is 13.7. The van der Waals surface area contributed by atoms with E-state index in [1.54, 1.807) is 0 Å². The van der Waals surface area contributed by atoms with Gasteiger partial charge in [-0.2, -0.15) is 0 Å². The number of hydrogen-bond donors (Lipinski definition) is 0. The van der Waals surface area contributed by atoms with Crippen molar-refractivity contribution in [2.24, 2.45) is 0 Å². The van der Waals surface area contributed by atoms with E-state index in [0.29, 0.717) is 0 Å². The molecule has 0 radical (unpaired) electrons. The first-order chi connectivity index (χ1) is 32.2. The summed E-state index contributed by atoms with van der Waals surface area (Å²) in [6.45, 7) is 0. The van der Waals surface area contributed by atoms with Gasteiger partial charge < -0.3 is 18.2 Å². The van der Waals surface area contributed by atoms with Crippen LogP contribution in [-0.4, -0.2) is 0 Å². The number of anilines is 3. The van der Waals surface area contributed by atoms with Gasteiger partial charge in [-0.05, 0) is 106 Å². The molecule has 304 valence electrons. The molecule has 0 saturated heterocycles. The van der Waals surface area contributed by atoms with E-state index >= 15 is 0 Å². The fourth-order valence-electron chi connectivity index (χ4n) is 10.9. The zero-order valence-corrected chi connectivity index (χ0v) is 35.0. The Kier molecular flexibility index (Phi) is 7.57. The zero-order chi connectivity index (χ0) is 42.6. The van der Waals surface area contributed by atoms with Crippen molar-refractivity contribution in [3.63, 3.8) is 0 Å². The van der Waals surface area contributed by atoms with Crippen LogP contribution in [0.2, 0.25) is 0 Å². The van der Waals surface area contributed by atoms with E-state index in [4.69, 9.17) is 13.3 Å². The summed E-state index contributed by atoms with van der Waals surface area (Å²) >= 11 is 0. The van der Waals surface area contributed by atoms with Crippen LogP contribution in [0, 0.1) is 0 Å². The molecule has 65 heavy (non-hydrogen) atoms. The summed E-state index contributed by atoms with van der Waals surface area (Å²) in [6, 6.07) is 80.1. The normalized spacial score (nSPS) is 13.0.